The molecule has 2 aromatic heterocycles. The summed E-state index contributed by atoms with van der Waals surface area (Å²) in [5, 5.41) is 33.5. The number of fused-ring (bicyclic) bond motifs is 1. The van der Waals surface area contributed by atoms with Gasteiger partial charge in [0.1, 0.15) is 41.3 Å². The van der Waals surface area contributed by atoms with Crippen molar-refractivity contribution in [2.45, 2.75) is 31.0 Å². The number of ether oxygens (including phenoxy) is 1. The predicted molar refractivity (Wildman–Crippen MR) is 134 cm³/mol. The summed E-state index contributed by atoms with van der Waals surface area (Å²) in [5.74, 6) is -1.82. The van der Waals surface area contributed by atoms with Gasteiger partial charge in [0.05, 0.1) is 18.6 Å². The lowest BCUT2D eigenvalue weighted by atomic mass is 10.1. The standard InChI is InChI=1S/C21H23ClFN5O9P2/c22-19-12(7-24)15(25-6-5-11-3-1-2-4-13(11)23)16-20(27-19)28(9-26-16)21-18(30)17(29)14(37-21)8-36-39(34,35)10-38(31,32)33/h1-4,9,14,17-18,21,29-30H,5-6,8,10H2,(H,25,27)(H,34,35)(H2,31,32,33)/t14-,17-,18-,21-/m1/s1. The molecule has 0 aliphatic carbocycles. The van der Waals surface area contributed by atoms with Gasteiger partial charge in [0, 0.05) is 6.54 Å². The highest BCUT2D eigenvalue weighted by Crippen LogP contribution is 2.55. The molecule has 1 fully saturated rings. The Kier molecular flexibility index (Phi) is 8.75. The van der Waals surface area contributed by atoms with Gasteiger partial charge in [-0.05, 0) is 18.1 Å². The van der Waals surface area contributed by atoms with Crippen molar-refractivity contribution in [3.05, 3.63) is 52.7 Å². The molecule has 1 unspecified atom stereocenters. The first kappa shape index (κ1) is 29.5. The number of nitriles is 1. The second kappa shape index (κ2) is 11.6. The Morgan fingerprint density at radius 1 is 1.23 bits per heavy atom. The molecule has 0 spiro atoms. The van der Waals surface area contributed by atoms with Crippen LogP contribution in [0.4, 0.5) is 10.1 Å². The molecular formula is C21H23ClFN5O9P2. The molecule has 3 heterocycles. The minimum absolute atomic E-state index is 0.0223. The minimum Gasteiger partial charge on any atom is -0.387 e. The van der Waals surface area contributed by atoms with E-state index in [0.717, 1.165) is 0 Å². The van der Waals surface area contributed by atoms with Gasteiger partial charge < -0.3 is 39.5 Å². The van der Waals surface area contributed by atoms with Crippen LogP contribution in [-0.4, -0.2) is 76.8 Å². The number of nitrogens with zero attached hydrogens (tertiary/aromatic N) is 4. The number of halogens is 2. The summed E-state index contributed by atoms with van der Waals surface area (Å²) in [4.78, 5) is 35.9. The molecule has 210 valence electrons. The largest absolute Gasteiger partial charge is 0.387 e. The highest BCUT2D eigenvalue weighted by Gasteiger charge is 2.45. The lowest BCUT2D eigenvalue weighted by Crippen LogP contribution is -2.33. The summed E-state index contributed by atoms with van der Waals surface area (Å²) in [6.07, 6.45) is -4.45. The van der Waals surface area contributed by atoms with Gasteiger partial charge in [-0.1, -0.05) is 29.8 Å². The van der Waals surface area contributed by atoms with E-state index in [1.165, 1.54) is 17.0 Å². The monoisotopic (exact) mass is 605 g/mol. The van der Waals surface area contributed by atoms with Crippen molar-refractivity contribution in [1.29, 1.82) is 5.26 Å². The van der Waals surface area contributed by atoms with E-state index in [9.17, 15) is 33.9 Å². The first-order valence-corrected chi connectivity index (χ1v) is 15.2. The fourth-order valence-corrected chi connectivity index (χ4v) is 6.84. The average molecular weight is 606 g/mol. The van der Waals surface area contributed by atoms with Gasteiger partial charge in [-0.15, -0.1) is 0 Å². The van der Waals surface area contributed by atoms with Crippen molar-refractivity contribution in [2.24, 2.45) is 0 Å². The number of aliphatic hydroxyl groups excluding tert-OH is 2. The lowest BCUT2D eigenvalue weighted by molar-refractivity contribution is -0.0483. The van der Waals surface area contributed by atoms with E-state index in [1.807, 2.05) is 6.07 Å². The van der Waals surface area contributed by atoms with E-state index in [2.05, 4.69) is 15.3 Å². The highest BCUT2D eigenvalue weighted by atomic mass is 35.5. The minimum atomic E-state index is -4.87. The molecule has 5 atom stereocenters. The van der Waals surface area contributed by atoms with E-state index < -0.39 is 52.2 Å². The van der Waals surface area contributed by atoms with Crippen LogP contribution in [0.25, 0.3) is 11.2 Å². The molecule has 14 nitrogen and oxygen atoms in total. The smallest absolute Gasteiger partial charge is 0.340 e. The summed E-state index contributed by atoms with van der Waals surface area (Å²) in [5.41, 5.74) is 0.846. The molecule has 1 aliphatic rings. The second-order valence-electron chi connectivity index (χ2n) is 8.64. The van der Waals surface area contributed by atoms with E-state index in [-0.39, 0.29) is 46.4 Å². The van der Waals surface area contributed by atoms with Gasteiger partial charge >= 0.3 is 15.2 Å². The van der Waals surface area contributed by atoms with Crippen molar-refractivity contribution in [3.63, 3.8) is 0 Å². The van der Waals surface area contributed by atoms with Gasteiger partial charge in [-0.25, -0.2) is 14.4 Å². The Bertz CT molecular complexity index is 1510. The maximum absolute atomic E-state index is 14.0. The zero-order valence-electron chi connectivity index (χ0n) is 19.8. The Labute approximate surface area is 225 Å². The lowest BCUT2D eigenvalue weighted by Gasteiger charge is -2.18. The SMILES string of the molecule is N#Cc1c(Cl)nc2c(ncn2[C@@H]2O[C@H](COP(=O)(O)CP(=O)(O)O)[C@@H](O)[C@H]2O)c1NCCc1ccccc1F. The Morgan fingerprint density at radius 3 is 2.62 bits per heavy atom. The molecule has 0 amide bonds. The van der Waals surface area contributed by atoms with Crippen LogP contribution in [0.5, 0.6) is 0 Å². The summed E-state index contributed by atoms with van der Waals surface area (Å²) in [6.45, 7) is -0.570. The Morgan fingerprint density at radius 2 is 1.95 bits per heavy atom. The van der Waals surface area contributed by atoms with Crippen LogP contribution in [0.3, 0.4) is 0 Å². The normalized spacial score (nSPS) is 23.0. The second-order valence-corrected chi connectivity index (χ2v) is 13.0. The molecule has 0 bridgehead atoms. The van der Waals surface area contributed by atoms with Crippen LogP contribution in [0.1, 0.15) is 17.4 Å². The predicted octanol–water partition coefficient (Wildman–Crippen LogP) is 1.71. The van der Waals surface area contributed by atoms with Crippen LogP contribution in [-0.2, 0) is 24.8 Å². The third-order valence-electron chi connectivity index (χ3n) is 5.85. The number of pyridine rings is 1. The molecule has 1 saturated heterocycles. The molecule has 6 N–H and O–H groups in total. The third kappa shape index (κ3) is 6.65. The zero-order chi connectivity index (χ0) is 28.5. The van der Waals surface area contributed by atoms with Gasteiger partial charge in [-0.3, -0.25) is 13.7 Å². The summed E-state index contributed by atoms with van der Waals surface area (Å²) in [6, 6.07) is 8.15. The van der Waals surface area contributed by atoms with Crippen molar-refractivity contribution >= 4 is 43.6 Å². The van der Waals surface area contributed by atoms with Crippen molar-refractivity contribution in [3.8, 4) is 6.07 Å². The molecule has 39 heavy (non-hydrogen) atoms. The number of aliphatic hydroxyl groups is 2. The Balaban J connectivity index is 1.56. The van der Waals surface area contributed by atoms with E-state index >= 15 is 0 Å². The molecule has 18 heteroatoms. The molecule has 0 saturated carbocycles. The molecule has 1 aliphatic heterocycles. The van der Waals surface area contributed by atoms with Crippen molar-refractivity contribution in [2.75, 3.05) is 24.4 Å². The molecular weight excluding hydrogens is 583 g/mol. The number of nitrogens with one attached hydrogen (secondary N) is 1. The first-order valence-electron chi connectivity index (χ1n) is 11.3. The fraction of sp³-hybridized carbons (Fsp3) is 0.381. The number of imidazole rings is 1. The molecule has 3 aromatic rings. The highest BCUT2D eigenvalue weighted by molar-refractivity contribution is 7.70. The molecule has 4 rings (SSSR count). The first-order chi connectivity index (χ1) is 18.3. The van der Waals surface area contributed by atoms with Gasteiger partial charge in [0.2, 0.25) is 0 Å². The zero-order valence-corrected chi connectivity index (χ0v) is 22.4. The number of anilines is 1. The van der Waals surface area contributed by atoms with E-state index in [0.29, 0.717) is 5.56 Å². The number of benzene rings is 1. The van der Waals surface area contributed by atoms with Gasteiger partial charge in [-0.2, -0.15) is 5.26 Å². The quantitative estimate of drug-likeness (QED) is 0.143. The molecule has 0 radical (unpaired) electrons. The van der Waals surface area contributed by atoms with E-state index in [1.54, 1.807) is 18.2 Å². The summed E-state index contributed by atoms with van der Waals surface area (Å²) >= 11 is 6.24. The third-order valence-corrected chi connectivity index (χ3v) is 9.57. The number of hydrogen-bond acceptors (Lipinski definition) is 10. The topological polar surface area (TPSA) is 220 Å². The maximum atomic E-state index is 14.0. The maximum Gasteiger partial charge on any atom is 0.340 e. The Hall–Kier alpha value is -2.47. The summed E-state index contributed by atoms with van der Waals surface area (Å²) < 4.78 is 48.5. The van der Waals surface area contributed by atoms with Gasteiger partial charge in [0.15, 0.2) is 22.9 Å². The van der Waals surface area contributed by atoms with Crippen LogP contribution in [0.15, 0.2) is 30.6 Å². The number of rotatable bonds is 10. The van der Waals surface area contributed by atoms with Crippen LogP contribution < -0.4 is 5.32 Å². The van der Waals surface area contributed by atoms with Crippen LogP contribution in [0, 0.1) is 17.1 Å². The average Bonchev–Trinajstić information content (AvgIpc) is 3.38. The fourth-order valence-electron chi connectivity index (χ4n) is 4.06. The van der Waals surface area contributed by atoms with Crippen molar-refractivity contribution in [1.82, 2.24) is 14.5 Å². The van der Waals surface area contributed by atoms with Crippen LogP contribution in [0.2, 0.25) is 5.15 Å². The number of aromatic nitrogens is 3. The van der Waals surface area contributed by atoms with Gasteiger partial charge in [0.25, 0.3) is 0 Å². The summed E-state index contributed by atoms with van der Waals surface area (Å²) in [7, 11) is -9.61. The van der Waals surface area contributed by atoms with Crippen LogP contribution >= 0.6 is 26.8 Å². The van der Waals surface area contributed by atoms with Crippen molar-refractivity contribution < 1.29 is 47.7 Å². The van der Waals surface area contributed by atoms with E-state index in [4.69, 9.17) is 30.6 Å². The number of hydrogen-bond donors (Lipinski definition) is 6. The molecule has 1 aromatic carbocycles.